The number of ether oxygens (including phenoxy) is 1. The number of carbonyl (C=O) groups is 3. The summed E-state index contributed by atoms with van der Waals surface area (Å²) >= 11 is 0. The number of hydrogen-bond donors (Lipinski definition) is 0. The Morgan fingerprint density at radius 3 is 2.65 bits per heavy atom. The van der Waals surface area contributed by atoms with Gasteiger partial charge in [-0.1, -0.05) is 18.2 Å². The Labute approximate surface area is 148 Å². The van der Waals surface area contributed by atoms with Gasteiger partial charge in [0.15, 0.2) is 0 Å². The maximum absolute atomic E-state index is 13.0. The summed E-state index contributed by atoms with van der Waals surface area (Å²) < 4.78 is 4.94. The smallest absolute Gasteiger partial charge is 0.302 e. The summed E-state index contributed by atoms with van der Waals surface area (Å²) in [5.74, 6) is -1.09. The number of carbonyl (C=O) groups excluding carboxylic acids is 3. The van der Waals surface area contributed by atoms with E-state index in [1.807, 2.05) is 31.2 Å². The molecule has 3 aromatic rings. The number of fused-ring (bicyclic) bond motifs is 3. The molecule has 1 aromatic carbocycles. The number of esters is 1. The summed E-state index contributed by atoms with van der Waals surface area (Å²) in [6.45, 7) is 3.11. The van der Waals surface area contributed by atoms with Gasteiger partial charge in [0.05, 0.1) is 16.6 Å². The Balaban J connectivity index is 1.88. The molecule has 0 spiro atoms. The monoisotopic (exact) mass is 346 g/mol. The second kappa shape index (κ2) is 5.84. The molecular formula is C20H14N2O4. The number of benzene rings is 1. The predicted molar refractivity (Wildman–Crippen MR) is 93.1 cm³/mol. The standard InChI is InChI=1S/C20H14N2O4/c1-10-13-5-3-4-6-15(13)22-18-16(10)20(25)17-14(19(18)24)7-12(8-21-17)9-26-11(2)23/h3-8H,9H2,1-2H3. The van der Waals surface area contributed by atoms with Crippen LogP contribution in [0.15, 0.2) is 36.5 Å². The normalized spacial score (nSPS) is 12.7. The minimum Gasteiger partial charge on any atom is -0.461 e. The van der Waals surface area contributed by atoms with Gasteiger partial charge in [-0.2, -0.15) is 0 Å². The molecule has 0 unspecified atom stereocenters. The number of aryl methyl sites for hydroxylation is 1. The van der Waals surface area contributed by atoms with E-state index in [0.29, 0.717) is 16.6 Å². The summed E-state index contributed by atoms with van der Waals surface area (Å²) in [5, 5.41) is 0.835. The zero-order valence-electron chi connectivity index (χ0n) is 14.2. The van der Waals surface area contributed by atoms with E-state index >= 15 is 0 Å². The fourth-order valence-electron chi connectivity index (χ4n) is 3.19. The molecule has 0 bridgehead atoms. The fraction of sp³-hybridized carbons (Fsp3) is 0.150. The Kier molecular flexibility index (Phi) is 3.61. The van der Waals surface area contributed by atoms with E-state index < -0.39 is 5.97 Å². The Morgan fingerprint density at radius 1 is 1.12 bits per heavy atom. The van der Waals surface area contributed by atoms with Crippen LogP contribution in [0.25, 0.3) is 10.9 Å². The van der Waals surface area contributed by atoms with Crippen LogP contribution in [0, 0.1) is 6.92 Å². The minimum atomic E-state index is -0.431. The van der Waals surface area contributed by atoms with Gasteiger partial charge in [-0.25, -0.2) is 4.98 Å². The molecule has 0 amide bonds. The van der Waals surface area contributed by atoms with Gasteiger partial charge in [0, 0.05) is 24.1 Å². The van der Waals surface area contributed by atoms with Crippen LogP contribution >= 0.6 is 0 Å². The largest absolute Gasteiger partial charge is 0.461 e. The number of pyridine rings is 2. The Bertz CT molecular complexity index is 1120. The number of para-hydroxylation sites is 1. The van der Waals surface area contributed by atoms with Gasteiger partial charge in [-0.15, -0.1) is 0 Å². The van der Waals surface area contributed by atoms with Crippen LogP contribution in [-0.2, 0) is 16.1 Å². The van der Waals surface area contributed by atoms with Gasteiger partial charge in [0.1, 0.15) is 18.0 Å². The number of hydrogen-bond acceptors (Lipinski definition) is 6. The maximum Gasteiger partial charge on any atom is 0.302 e. The molecule has 0 N–H and O–H groups in total. The lowest BCUT2D eigenvalue weighted by molar-refractivity contribution is -0.142. The third-order valence-electron chi connectivity index (χ3n) is 4.44. The highest BCUT2D eigenvalue weighted by atomic mass is 16.5. The van der Waals surface area contributed by atoms with Gasteiger partial charge in [-0.05, 0) is 24.6 Å². The van der Waals surface area contributed by atoms with Crippen LogP contribution in [0.1, 0.15) is 50.2 Å². The quantitative estimate of drug-likeness (QED) is 0.519. The van der Waals surface area contributed by atoms with Gasteiger partial charge < -0.3 is 4.74 Å². The van der Waals surface area contributed by atoms with Crippen LogP contribution in [0.2, 0.25) is 0 Å². The molecule has 0 aliphatic heterocycles. The molecule has 0 atom stereocenters. The van der Waals surface area contributed by atoms with Gasteiger partial charge in [0.25, 0.3) is 0 Å². The predicted octanol–water partition coefficient (Wildman–Crippen LogP) is 2.78. The molecule has 2 aromatic heterocycles. The van der Waals surface area contributed by atoms with Gasteiger partial charge in [0.2, 0.25) is 11.6 Å². The van der Waals surface area contributed by atoms with Crippen LogP contribution in [0.5, 0.6) is 0 Å². The van der Waals surface area contributed by atoms with Crippen LogP contribution in [-0.4, -0.2) is 27.5 Å². The highest BCUT2D eigenvalue weighted by Crippen LogP contribution is 2.31. The average molecular weight is 346 g/mol. The average Bonchev–Trinajstić information content (AvgIpc) is 2.64. The van der Waals surface area contributed by atoms with E-state index in [0.717, 1.165) is 10.9 Å². The van der Waals surface area contributed by atoms with E-state index in [2.05, 4.69) is 9.97 Å². The van der Waals surface area contributed by atoms with Gasteiger partial charge >= 0.3 is 5.97 Å². The van der Waals surface area contributed by atoms with Gasteiger partial charge in [-0.3, -0.25) is 19.4 Å². The lowest BCUT2D eigenvalue weighted by Crippen LogP contribution is -2.25. The van der Waals surface area contributed by atoms with E-state index in [9.17, 15) is 14.4 Å². The third kappa shape index (κ3) is 2.38. The first-order valence-corrected chi connectivity index (χ1v) is 8.08. The van der Waals surface area contributed by atoms with Crippen molar-refractivity contribution >= 4 is 28.4 Å². The van der Waals surface area contributed by atoms with Crippen LogP contribution in [0.3, 0.4) is 0 Å². The molecule has 1 aliphatic carbocycles. The van der Waals surface area contributed by atoms with E-state index in [1.54, 1.807) is 6.07 Å². The third-order valence-corrected chi connectivity index (χ3v) is 4.44. The van der Waals surface area contributed by atoms with E-state index in [-0.39, 0.29) is 35.1 Å². The first-order chi connectivity index (χ1) is 12.5. The summed E-state index contributed by atoms with van der Waals surface area (Å²) in [6, 6.07) is 8.93. The topological polar surface area (TPSA) is 86.2 Å². The molecule has 4 rings (SSSR count). The molecule has 0 radical (unpaired) electrons. The number of nitrogens with zero attached hydrogens (tertiary/aromatic N) is 2. The van der Waals surface area contributed by atoms with Crippen molar-refractivity contribution in [2.45, 2.75) is 20.5 Å². The molecule has 1 aliphatic rings. The number of rotatable bonds is 2. The molecule has 2 heterocycles. The van der Waals surface area contributed by atoms with Crippen molar-refractivity contribution in [3.05, 3.63) is 70.2 Å². The highest BCUT2D eigenvalue weighted by molar-refractivity contribution is 6.28. The minimum absolute atomic E-state index is 0.00584. The highest BCUT2D eigenvalue weighted by Gasteiger charge is 2.34. The zero-order chi connectivity index (χ0) is 18.4. The molecular weight excluding hydrogens is 332 g/mol. The van der Waals surface area contributed by atoms with Crippen molar-refractivity contribution in [1.29, 1.82) is 0 Å². The van der Waals surface area contributed by atoms with Crippen molar-refractivity contribution in [1.82, 2.24) is 9.97 Å². The summed E-state index contributed by atoms with van der Waals surface area (Å²) in [6.07, 6.45) is 1.45. The summed E-state index contributed by atoms with van der Waals surface area (Å²) in [5.41, 5.74) is 2.67. The van der Waals surface area contributed by atoms with Crippen molar-refractivity contribution in [3.63, 3.8) is 0 Å². The first-order valence-electron chi connectivity index (χ1n) is 8.08. The number of aromatic nitrogens is 2. The lowest BCUT2D eigenvalue weighted by atomic mass is 9.86. The lowest BCUT2D eigenvalue weighted by Gasteiger charge is -2.19. The second-order valence-electron chi connectivity index (χ2n) is 6.16. The molecule has 6 heteroatoms. The summed E-state index contributed by atoms with van der Waals surface area (Å²) in [4.78, 5) is 45.5. The van der Waals surface area contributed by atoms with Crippen molar-refractivity contribution in [3.8, 4) is 0 Å². The van der Waals surface area contributed by atoms with Crippen molar-refractivity contribution in [2.75, 3.05) is 0 Å². The molecule has 0 fully saturated rings. The maximum atomic E-state index is 13.0. The van der Waals surface area contributed by atoms with Crippen molar-refractivity contribution in [2.24, 2.45) is 0 Å². The fourth-order valence-corrected chi connectivity index (χ4v) is 3.19. The molecule has 26 heavy (non-hydrogen) atoms. The SMILES string of the molecule is CC(=O)OCc1cnc2c(c1)C(=O)c1nc3ccccc3c(C)c1C2=O. The molecule has 0 saturated carbocycles. The molecule has 0 saturated heterocycles. The first kappa shape index (κ1) is 16.1. The zero-order valence-corrected chi connectivity index (χ0v) is 14.2. The van der Waals surface area contributed by atoms with Crippen molar-refractivity contribution < 1.29 is 19.1 Å². The van der Waals surface area contributed by atoms with E-state index in [4.69, 9.17) is 4.74 Å². The van der Waals surface area contributed by atoms with E-state index in [1.165, 1.54) is 13.1 Å². The Hall–Kier alpha value is -3.41. The van der Waals surface area contributed by atoms with Crippen LogP contribution < -0.4 is 0 Å². The molecule has 6 nitrogen and oxygen atoms in total. The van der Waals surface area contributed by atoms with Crippen LogP contribution in [0.4, 0.5) is 0 Å². The second-order valence-corrected chi connectivity index (χ2v) is 6.16. The number of ketones is 2. The Morgan fingerprint density at radius 2 is 1.88 bits per heavy atom. The molecule has 128 valence electrons. The summed E-state index contributed by atoms with van der Waals surface area (Å²) in [7, 11) is 0.